The molecule has 2 atom stereocenters. The van der Waals surface area contributed by atoms with Crippen molar-refractivity contribution in [2.24, 2.45) is 0 Å². The van der Waals surface area contributed by atoms with Crippen LogP contribution in [0.5, 0.6) is 0 Å². The molecule has 1 nitrogen and oxygen atoms in total. The van der Waals surface area contributed by atoms with Crippen LogP contribution in [0.15, 0.2) is 60.7 Å². The van der Waals surface area contributed by atoms with Gasteiger partial charge in [-0.2, -0.15) is 0 Å². The first-order valence-electron chi connectivity index (χ1n) is 6.98. The van der Waals surface area contributed by atoms with Gasteiger partial charge in [-0.1, -0.05) is 87.9 Å². The summed E-state index contributed by atoms with van der Waals surface area (Å²) in [6, 6.07) is 19.9. The van der Waals surface area contributed by atoms with Gasteiger partial charge >= 0.3 is 0 Å². The van der Waals surface area contributed by atoms with Gasteiger partial charge in [0, 0.05) is 5.92 Å². The van der Waals surface area contributed by atoms with Gasteiger partial charge in [-0.3, -0.25) is 0 Å². The highest BCUT2D eigenvalue weighted by molar-refractivity contribution is 5.25. The van der Waals surface area contributed by atoms with Crippen LogP contribution in [0, 0.1) is 0 Å². The van der Waals surface area contributed by atoms with E-state index in [4.69, 9.17) is 0 Å². The Hall–Kier alpha value is -1.60. The Morgan fingerprint density at radius 2 is 1.16 bits per heavy atom. The molecule has 0 aromatic heterocycles. The number of benzene rings is 2. The van der Waals surface area contributed by atoms with Crippen LogP contribution in [-0.4, -0.2) is 5.11 Å². The van der Waals surface area contributed by atoms with Crippen molar-refractivity contribution >= 4 is 0 Å². The van der Waals surface area contributed by atoms with E-state index in [1.807, 2.05) is 55.5 Å². The molecule has 0 aliphatic rings. The Bertz CT molecular complexity index is 392. The number of aliphatic hydroxyl groups is 1. The maximum Gasteiger partial charge on any atom is 0.0855 e. The van der Waals surface area contributed by atoms with Crippen LogP contribution in [0.3, 0.4) is 0 Å². The normalized spacial score (nSPS) is 13.1. The molecule has 0 aliphatic carbocycles. The highest BCUT2D eigenvalue weighted by atomic mass is 16.3. The molecule has 1 N–H and O–H groups in total. The van der Waals surface area contributed by atoms with Crippen molar-refractivity contribution in [3.63, 3.8) is 0 Å². The topological polar surface area (TPSA) is 20.2 Å². The maximum atomic E-state index is 10.2. The fraction of sp³-hybridized carbons (Fsp3) is 0.333. The predicted octanol–water partition coefficient (Wildman–Crippen LogP) is 4.94. The van der Waals surface area contributed by atoms with Crippen LogP contribution in [0.4, 0.5) is 0 Å². The van der Waals surface area contributed by atoms with E-state index in [2.05, 4.69) is 26.0 Å². The summed E-state index contributed by atoms with van der Waals surface area (Å²) in [5, 5.41) is 10.2. The molecule has 0 spiro atoms. The zero-order valence-electron chi connectivity index (χ0n) is 12.1. The highest BCUT2D eigenvalue weighted by Crippen LogP contribution is 2.29. The lowest BCUT2D eigenvalue weighted by Gasteiger charge is -2.19. The number of hydrogen-bond donors (Lipinski definition) is 1. The van der Waals surface area contributed by atoms with E-state index >= 15 is 0 Å². The fourth-order valence-corrected chi connectivity index (χ4v) is 1.88. The Labute approximate surface area is 116 Å². The summed E-state index contributed by atoms with van der Waals surface area (Å²) < 4.78 is 0. The summed E-state index contributed by atoms with van der Waals surface area (Å²) in [5.74, 6) is 0.114. The minimum absolute atomic E-state index is 0.114. The monoisotopic (exact) mass is 256 g/mol. The first-order valence-corrected chi connectivity index (χ1v) is 6.98. The second kappa shape index (κ2) is 8.49. The molecule has 0 aliphatic heterocycles. The van der Waals surface area contributed by atoms with Gasteiger partial charge in [0.05, 0.1) is 6.10 Å². The van der Waals surface area contributed by atoms with Gasteiger partial charge in [-0.05, 0) is 11.1 Å². The summed E-state index contributed by atoms with van der Waals surface area (Å²) in [4.78, 5) is 0. The Morgan fingerprint density at radius 1 is 0.789 bits per heavy atom. The van der Waals surface area contributed by atoms with Gasteiger partial charge in [-0.25, -0.2) is 0 Å². The zero-order valence-corrected chi connectivity index (χ0v) is 12.1. The van der Waals surface area contributed by atoms with E-state index in [1.54, 1.807) is 0 Å². The molecular weight excluding hydrogens is 232 g/mol. The first kappa shape index (κ1) is 15.5. The lowest BCUT2D eigenvalue weighted by molar-refractivity contribution is 0.151. The van der Waals surface area contributed by atoms with Gasteiger partial charge in [0.25, 0.3) is 0 Å². The quantitative estimate of drug-likeness (QED) is 0.824. The van der Waals surface area contributed by atoms with Crippen molar-refractivity contribution < 1.29 is 5.11 Å². The van der Waals surface area contributed by atoms with Crippen molar-refractivity contribution in [1.82, 2.24) is 0 Å². The second-order valence-electron chi connectivity index (χ2n) is 4.76. The van der Waals surface area contributed by atoms with Crippen molar-refractivity contribution in [1.29, 1.82) is 0 Å². The lowest BCUT2D eigenvalue weighted by atomic mass is 9.91. The summed E-state index contributed by atoms with van der Waals surface area (Å²) in [6.07, 6.45) is 0.809. The molecule has 102 valence electrons. The van der Waals surface area contributed by atoms with Crippen LogP contribution in [0.1, 0.15) is 50.3 Å². The van der Waals surface area contributed by atoms with E-state index in [1.165, 1.54) is 12.0 Å². The molecule has 0 saturated heterocycles. The van der Waals surface area contributed by atoms with E-state index in [0.717, 1.165) is 5.56 Å². The SMILES string of the molecule is CC(c1ccccc1)C(O)c1ccccc1.CCC. The van der Waals surface area contributed by atoms with Crippen molar-refractivity contribution in [2.45, 2.75) is 39.2 Å². The van der Waals surface area contributed by atoms with Gasteiger partial charge < -0.3 is 5.11 Å². The molecule has 1 heteroatoms. The molecule has 2 unspecified atom stereocenters. The summed E-state index contributed by atoms with van der Waals surface area (Å²) in [5.41, 5.74) is 2.14. The molecule has 0 saturated carbocycles. The predicted molar refractivity (Wildman–Crippen MR) is 82.2 cm³/mol. The third-order valence-electron chi connectivity index (χ3n) is 2.94. The lowest BCUT2D eigenvalue weighted by Crippen LogP contribution is -2.07. The summed E-state index contributed by atoms with van der Waals surface area (Å²) >= 11 is 0. The molecule has 0 bridgehead atoms. The number of hydrogen-bond acceptors (Lipinski definition) is 1. The van der Waals surface area contributed by atoms with Crippen LogP contribution in [-0.2, 0) is 0 Å². The van der Waals surface area contributed by atoms with Gasteiger partial charge in [0.2, 0.25) is 0 Å². The fourth-order valence-electron chi connectivity index (χ4n) is 1.88. The molecule has 0 heterocycles. The largest absolute Gasteiger partial charge is 0.388 e. The van der Waals surface area contributed by atoms with Gasteiger partial charge in [0.15, 0.2) is 0 Å². The summed E-state index contributed by atoms with van der Waals surface area (Å²) in [6.45, 7) is 6.30. The standard InChI is InChI=1S/C15H16O.C3H8/c1-12(13-8-4-2-5-9-13)15(16)14-10-6-3-7-11-14;1-3-2/h2-12,15-16H,1H3;3H2,1-2H3. The molecule has 2 aromatic carbocycles. The number of rotatable bonds is 3. The smallest absolute Gasteiger partial charge is 0.0855 e. The average Bonchev–Trinajstić information content (AvgIpc) is 2.48. The van der Waals surface area contributed by atoms with E-state index < -0.39 is 6.10 Å². The maximum absolute atomic E-state index is 10.2. The molecule has 0 fully saturated rings. The van der Waals surface area contributed by atoms with E-state index in [9.17, 15) is 5.11 Å². The van der Waals surface area contributed by atoms with Gasteiger partial charge in [-0.15, -0.1) is 0 Å². The molecule has 2 aromatic rings. The Morgan fingerprint density at radius 3 is 1.58 bits per heavy atom. The van der Waals surface area contributed by atoms with Crippen molar-refractivity contribution in [2.75, 3.05) is 0 Å². The molecule has 0 radical (unpaired) electrons. The van der Waals surface area contributed by atoms with Crippen LogP contribution >= 0.6 is 0 Å². The third-order valence-corrected chi connectivity index (χ3v) is 2.94. The molecule has 2 rings (SSSR count). The molecule has 0 amide bonds. The average molecular weight is 256 g/mol. The van der Waals surface area contributed by atoms with E-state index in [0.29, 0.717) is 0 Å². The third kappa shape index (κ3) is 4.88. The second-order valence-corrected chi connectivity index (χ2v) is 4.76. The summed E-state index contributed by atoms with van der Waals surface area (Å²) in [7, 11) is 0. The van der Waals surface area contributed by atoms with Crippen LogP contribution in [0.2, 0.25) is 0 Å². The minimum atomic E-state index is -0.441. The molecule has 19 heavy (non-hydrogen) atoms. The van der Waals surface area contributed by atoms with E-state index in [-0.39, 0.29) is 5.92 Å². The van der Waals surface area contributed by atoms with Crippen LogP contribution in [0.25, 0.3) is 0 Å². The first-order chi connectivity index (χ1) is 9.20. The zero-order chi connectivity index (χ0) is 14.1. The van der Waals surface area contributed by atoms with Crippen LogP contribution < -0.4 is 0 Å². The Kier molecular flexibility index (Phi) is 6.91. The number of aliphatic hydroxyl groups excluding tert-OH is 1. The van der Waals surface area contributed by atoms with Crippen molar-refractivity contribution in [3.8, 4) is 0 Å². The molecular formula is C18H24O. The Balaban J connectivity index is 0.000000550. The minimum Gasteiger partial charge on any atom is -0.388 e. The highest BCUT2D eigenvalue weighted by Gasteiger charge is 2.17. The van der Waals surface area contributed by atoms with Gasteiger partial charge in [0.1, 0.15) is 0 Å². The van der Waals surface area contributed by atoms with Crippen molar-refractivity contribution in [3.05, 3.63) is 71.8 Å².